The molecule has 0 spiro atoms. The number of phenolic OH excluding ortho intramolecular Hbond substituents is 1. The van der Waals surface area contributed by atoms with Crippen LogP contribution in [0, 0.1) is 6.92 Å². The number of aliphatic imine (C=N–C) groups is 1. The zero-order chi connectivity index (χ0) is 24.7. The van der Waals surface area contributed by atoms with Gasteiger partial charge in [0.2, 0.25) is 0 Å². The third-order valence-electron chi connectivity index (χ3n) is 5.26. The van der Waals surface area contributed by atoms with Crippen LogP contribution in [0.4, 0.5) is 5.69 Å². The number of carbonyl (C=O) groups excluding carboxylic acids is 2. The number of aliphatic hydroxyl groups is 1. The molecule has 1 amide bonds. The maximum Gasteiger partial charge on any atom is 0.303 e. The molecule has 34 heavy (non-hydrogen) atoms. The number of β-amino-alcohol motifs (C(OH)–C–C–N with tert-alkyl or cyclic N) is 1. The fraction of sp³-hybridized carbons (Fsp3) is 0.333. The molecule has 0 radical (unpaired) electrons. The van der Waals surface area contributed by atoms with Crippen LogP contribution in [0.5, 0.6) is 5.75 Å². The molecule has 0 bridgehead atoms. The quantitative estimate of drug-likeness (QED) is 0.322. The average molecular weight is 469 g/mol. The molecular weight excluding hydrogens is 440 g/mol. The van der Waals surface area contributed by atoms with Crippen LogP contribution >= 0.6 is 0 Å². The van der Waals surface area contributed by atoms with E-state index in [9.17, 15) is 29.7 Å². The van der Waals surface area contributed by atoms with Crippen molar-refractivity contribution >= 4 is 29.3 Å². The molecule has 2 atom stereocenters. The molecular formula is C24H28N4O6. The van der Waals surface area contributed by atoms with E-state index in [0.29, 0.717) is 18.2 Å². The highest BCUT2D eigenvalue weighted by Gasteiger charge is 2.20. The summed E-state index contributed by atoms with van der Waals surface area (Å²) in [5.74, 6) is -2.13. The van der Waals surface area contributed by atoms with Gasteiger partial charge in [0, 0.05) is 36.2 Å². The third kappa shape index (κ3) is 7.31. The van der Waals surface area contributed by atoms with E-state index in [2.05, 4.69) is 20.9 Å². The second-order valence-corrected chi connectivity index (χ2v) is 8.25. The van der Waals surface area contributed by atoms with Gasteiger partial charge >= 0.3 is 5.97 Å². The number of benzene rings is 2. The number of hydrogen-bond donors (Lipinski definition) is 6. The van der Waals surface area contributed by atoms with Crippen molar-refractivity contribution in [2.24, 2.45) is 4.99 Å². The first kappa shape index (κ1) is 24.7. The summed E-state index contributed by atoms with van der Waals surface area (Å²) in [6.45, 7) is 2.17. The number of carboxylic acids is 1. The number of aliphatic carboxylic acids is 1. The number of guanidine groups is 1. The summed E-state index contributed by atoms with van der Waals surface area (Å²) in [7, 11) is 0. The number of rotatable bonds is 9. The van der Waals surface area contributed by atoms with Crippen molar-refractivity contribution in [2.45, 2.75) is 31.8 Å². The van der Waals surface area contributed by atoms with Crippen LogP contribution in [0.2, 0.25) is 0 Å². The summed E-state index contributed by atoms with van der Waals surface area (Å²) in [6, 6.07) is 11.5. The zero-order valence-corrected chi connectivity index (χ0v) is 18.7. The second kappa shape index (κ2) is 11.3. The smallest absolute Gasteiger partial charge is 0.303 e. The van der Waals surface area contributed by atoms with Crippen LogP contribution in [0.1, 0.15) is 40.2 Å². The number of anilines is 1. The van der Waals surface area contributed by atoms with Crippen molar-refractivity contribution in [3.8, 4) is 5.75 Å². The normalized spacial score (nSPS) is 16.1. The Balaban J connectivity index is 1.61. The van der Waals surface area contributed by atoms with Crippen molar-refractivity contribution in [2.75, 3.05) is 25.0 Å². The Labute approximate surface area is 196 Å². The molecule has 0 fully saturated rings. The lowest BCUT2D eigenvalue weighted by molar-refractivity contribution is -0.137. The lowest BCUT2D eigenvalue weighted by atomic mass is 9.90. The Bertz CT molecular complexity index is 1100. The largest absolute Gasteiger partial charge is 0.508 e. The highest BCUT2D eigenvalue weighted by atomic mass is 16.4. The van der Waals surface area contributed by atoms with Crippen molar-refractivity contribution in [1.29, 1.82) is 0 Å². The van der Waals surface area contributed by atoms with Gasteiger partial charge in [-0.1, -0.05) is 29.8 Å². The standard InChI is InChI=1S/C24H28N4O6/c1-14-3-2-4-15(5-14)16(9-22(32)33)7-20(30)11-25-23(34)17-6-18(10-19(29)8-17)28-24-26-12-21(31)13-27-24/h2-6,8,10,16,21,29,31H,7,9,11-13H2,1H3,(H,25,34)(H,32,33)(H2,26,27,28). The van der Waals surface area contributed by atoms with Crippen molar-refractivity contribution in [1.82, 2.24) is 10.6 Å². The monoisotopic (exact) mass is 468 g/mol. The van der Waals surface area contributed by atoms with Gasteiger partial charge in [0.15, 0.2) is 11.7 Å². The minimum Gasteiger partial charge on any atom is -0.508 e. The van der Waals surface area contributed by atoms with Gasteiger partial charge in [-0.15, -0.1) is 0 Å². The minimum atomic E-state index is -1.00. The number of ketones is 1. The molecule has 10 heteroatoms. The molecule has 0 aromatic heterocycles. The van der Waals surface area contributed by atoms with Gasteiger partial charge < -0.3 is 31.3 Å². The number of carboxylic acid groups (broad SMARTS) is 1. The minimum absolute atomic E-state index is 0.0276. The molecule has 2 aromatic carbocycles. The van der Waals surface area contributed by atoms with Crippen LogP contribution < -0.4 is 16.0 Å². The first-order chi connectivity index (χ1) is 16.2. The lowest BCUT2D eigenvalue weighted by Crippen LogP contribution is -2.42. The number of amides is 1. The fourth-order valence-corrected chi connectivity index (χ4v) is 3.64. The van der Waals surface area contributed by atoms with Gasteiger partial charge in [-0.25, -0.2) is 0 Å². The van der Waals surface area contributed by atoms with Crippen molar-refractivity contribution < 1.29 is 29.7 Å². The number of aliphatic hydroxyl groups excluding tert-OH is 1. The number of hydrogen-bond acceptors (Lipinski definition) is 8. The van der Waals surface area contributed by atoms with Crippen molar-refractivity contribution in [3.05, 3.63) is 59.2 Å². The van der Waals surface area contributed by atoms with E-state index < -0.39 is 23.9 Å². The Morgan fingerprint density at radius 2 is 1.97 bits per heavy atom. The van der Waals surface area contributed by atoms with Gasteiger partial charge in [-0.3, -0.25) is 19.4 Å². The summed E-state index contributed by atoms with van der Waals surface area (Å²) in [5.41, 5.74) is 2.26. The molecule has 3 rings (SSSR count). The fourth-order valence-electron chi connectivity index (χ4n) is 3.64. The van der Waals surface area contributed by atoms with E-state index in [1.807, 2.05) is 25.1 Å². The van der Waals surface area contributed by atoms with Gasteiger partial charge in [0.1, 0.15) is 5.75 Å². The SMILES string of the molecule is Cc1cccc(C(CC(=O)O)CC(=O)CNC(=O)c2cc(O)cc(NC3=NCC(O)CN3)c2)c1. The molecule has 1 heterocycles. The van der Waals surface area contributed by atoms with Gasteiger partial charge in [-0.05, 0) is 24.6 Å². The Kier molecular flexibility index (Phi) is 8.20. The number of phenols is 1. The van der Waals surface area contributed by atoms with Crippen LogP contribution in [-0.2, 0) is 9.59 Å². The van der Waals surface area contributed by atoms with E-state index in [1.54, 1.807) is 6.07 Å². The summed E-state index contributed by atoms with van der Waals surface area (Å²) >= 11 is 0. The summed E-state index contributed by atoms with van der Waals surface area (Å²) in [5, 5.41) is 37.1. The van der Waals surface area contributed by atoms with E-state index in [4.69, 9.17) is 0 Å². The maximum absolute atomic E-state index is 12.6. The molecule has 1 aliphatic heterocycles. The van der Waals surface area contributed by atoms with Gasteiger partial charge in [-0.2, -0.15) is 0 Å². The molecule has 10 nitrogen and oxygen atoms in total. The third-order valence-corrected chi connectivity index (χ3v) is 5.26. The highest BCUT2D eigenvalue weighted by Crippen LogP contribution is 2.25. The number of aromatic hydroxyl groups is 1. The number of nitrogens with zero attached hydrogens (tertiary/aromatic N) is 1. The topological polar surface area (TPSA) is 160 Å². The lowest BCUT2D eigenvalue weighted by Gasteiger charge is -2.20. The van der Waals surface area contributed by atoms with Crippen LogP contribution in [-0.4, -0.2) is 64.7 Å². The number of nitrogens with one attached hydrogen (secondary N) is 3. The highest BCUT2D eigenvalue weighted by molar-refractivity contribution is 6.00. The molecule has 2 aromatic rings. The molecule has 0 saturated carbocycles. The maximum atomic E-state index is 12.6. The predicted molar refractivity (Wildman–Crippen MR) is 126 cm³/mol. The molecule has 180 valence electrons. The zero-order valence-electron chi connectivity index (χ0n) is 18.7. The Hall–Kier alpha value is -3.92. The van der Waals surface area contributed by atoms with E-state index in [-0.39, 0.29) is 43.0 Å². The number of Topliss-reactive ketones (excluding diaryl/α,β-unsaturated/α-hetero) is 1. The average Bonchev–Trinajstić information content (AvgIpc) is 2.78. The van der Waals surface area contributed by atoms with Gasteiger partial charge in [0.05, 0.1) is 25.6 Å². The molecule has 0 aliphatic carbocycles. The molecule has 6 N–H and O–H groups in total. The van der Waals surface area contributed by atoms with E-state index in [0.717, 1.165) is 11.1 Å². The summed E-state index contributed by atoms with van der Waals surface area (Å²) in [6.07, 6.45) is -0.797. The number of carbonyl (C=O) groups is 3. The summed E-state index contributed by atoms with van der Waals surface area (Å²) in [4.78, 5) is 40.5. The Morgan fingerprint density at radius 3 is 2.65 bits per heavy atom. The van der Waals surface area contributed by atoms with Crippen LogP contribution in [0.15, 0.2) is 47.5 Å². The first-order valence-corrected chi connectivity index (χ1v) is 10.9. The second-order valence-electron chi connectivity index (χ2n) is 8.25. The molecule has 0 saturated heterocycles. The van der Waals surface area contributed by atoms with E-state index >= 15 is 0 Å². The van der Waals surface area contributed by atoms with Crippen LogP contribution in [0.25, 0.3) is 0 Å². The van der Waals surface area contributed by atoms with Crippen LogP contribution in [0.3, 0.4) is 0 Å². The van der Waals surface area contributed by atoms with Crippen molar-refractivity contribution in [3.63, 3.8) is 0 Å². The molecule has 1 aliphatic rings. The first-order valence-electron chi connectivity index (χ1n) is 10.9. The van der Waals surface area contributed by atoms with Gasteiger partial charge in [0.25, 0.3) is 5.91 Å². The number of aryl methyl sites for hydroxylation is 1. The molecule has 2 unspecified atom stereocenters. The van der Waals surface area contributed by atoms with E-state index in [1.165, 1.54) is 18.2 Å². The Morgan fingerprint density at radius 1 is 1.18 bits per heavy atom. The summed E-state index contributed by atoms with van der Waals surface area (Å²) < 4.78 is 0. The predicted octanol–water partition coefficient (Wildman–Crippen LogP) is 1.38.